The first-order chi connectivity index (χ1) is 12.7. The monoisotopic (exact) mass is 374 g/mol. The van der Waals surface area contributed by atoms with Crippen LogP contribution < -0.4 is 10.9 Å². The molecule has 2 aromatic heterocycles. The van der Waals surface area contributed by atoms with Gasteiger partial charge in [-0.3, -0.25) is 14.0 Å². The van der Waals surface area contributed by atoms with E-state index in [1.807, 2.05) is 0 Å². The molecule has 0 unspecified atom stereocenters. The Kier molecular flexibility index (Phi) is 5.36. The van der Waals surface area contributed by atoms with Gasteiger partial charge in [-0.25, -0.2) is 4.98 Å². The average molecular weight is 375 g/mol. The summed E-state index contributed by atoms with van der Waals surface area (Å²) in [5, 5.41) is 2.91. The third-order valence-electron chi connectivity index (χ3n) is 5.46. The molecule has 3 heterocycles. The molecule has 1 aliphatic heterocycles. The van der Waals surface area contributed by atoms with Crippen molar-refractivity contribution in [2.75, 3.05) is 26.2 Å². The van der Waals surface area contributed by atoms with Crippen molar-refractivity contribution in [1.82, 2.24) is 19.6 Å². The fourth-order valence-electron chi connectivity index (χ4n) is 4.01. The van der Waals surface area contributed by atoms with E-state index in [0.717, 1.165) is 44.6 Å². The molecule has 0 saturated carbocycles. The number of nitrogens with zero attached hydrogens (tertiary/aromatic N) is 3. The van der Waals surface area contributed by atoms with Crippen LogP contribution in [0, 0.1) is 0 Å². The molecule has 1 saturated heterocycles. The SMILES string of the molecule is O=C(NCCN1CCCCCC1)c1cnc2sc3c(n2c1=O)CCCC3. The highest BCUT2D eigenvalue weighted by Crippen LogP contribution is 2.28. The van der Waals surface area contributed by atoms with Gasteiger partial charge in [0.05, 0.1) is 0 Å². The van der Waals surface area contributed by atoms with Gasteiger partial charge in [0.1, 0.15) is 5.56 Å². The van der Waals surface area contributed by atoms with Gasteiger partial charge >= 0.3 is 0 Å². The molecule has 2 aliphatic rings. The van der Waals surface area contributed by atoms with E-state index in [0.29, 0.717) is 11.5 Å². The van der Waals surface area contributed by atoms with Crippen molar-refractivity contribution in [3.05, 3.63) is 32.7 Å². The van der Waals surface area contributed by atoms with Gasteiger partial charge in [0, 0.05) is 29.9 Å². The van der Waals surface area contributed by atoms with Crippen LogP contribution in [0.2, 0.25) is 0 Å². The third-order valence-corrected chi connectivity index (χ3v) is 6.62. The van der Waals surface area contributed by atoms with E-state index in [1.54, 1.807) is 15.7 Å². The number of aromatic nitrogens is 2. The van der Waals surface area contributed by atoms with E-state index in [1.165, 1.54) is 43.2 Å². The van der Waals surface area contributed by atoms with Crippen LogP contribution in [0.25, 0.3) is 4.96 Å². The zero-order valence-electron chi connectivity index (χ0n) is 15.1. The van der Waals surface area contributed by atoms with Gasteiger partial charge in [-0.05, 0) is 51.6 Å². The number of carbonyl (C=O) groups excluding carboxylic acids is 1. The molecule has 140 valence electrons. The van der Waals surface area contributed by atoms with Crippen molar-refractivity contribution in [3.63, 3.8) is 0 Å². The Bertz CT molecular complexity index is 849. The van der Waals surface area contributed by atoms with E-state index < -0.39 is 0 Å². The molecule has 6 nitrogen and oxygen atoms in total. The number of hydrogen-bond donors (Lipinski definition) is 1. The van der Waals surface area contributed by atoms with Gasteiger partial charge in [0.15, 0.2) is 4.96 Å². The Morgan fingerprint density at radius 1 is 1.12 bits per heavy atom. The Labute approximate surface area is 157 Å². The lowest BCUT2D eigenvalue weighted by molar-refractivity contribution is 0.0946. The molecule has 2 aromatic rings. The van der Waals surface area contributed by atoms with Crippen LogP contribution in [0.5, 0.6) is 0 Å². The van der Waals surface area contributed by atoms with Crippen LogP contribution in [-0.4, -0.2) is 46.4 Å². The second kappa shape index (κ2) is 7.88. The summed E-state index contributed by atoms with van der Waals surface area (Å²) in [6, 6.07) is 0. The first kappa shape index (κ1) is 17.7. The van der Waals surface area contributed by atoms with Gasteiger partial charge in [-0.2, -0.15) is 0 Å². The summed E-state index contributed by atoms with van der Waals surface area (Å²) >= 11 is 1.59. The predicted octanol–water partition coefficient (Wildman–Crippen LogP) is 2.24. The molecule has 1 fully saturated rings. The van der Waals surface area contributed by atoms with E-state index in [-0.39, 0.29) is 17.0 Å². The summed E-state index contributed by atoms with van der Waals surface area (Å²) in [5.74, 6) is -0.303. The minimum Gasteiger partial charge on any atom is -0.351 e. The van der Waals surface area contributed by atoms with Gasteiger partial charge in [-0.15, -0.1) is 11.3 Å². The summed E-state index contributed by atoms with van der Waals surface area (Å²) in [5.41, 5.74) is 0.999. The van der Waals surface area contributed by atoms with Gasteiger partial charge in [-0.1, -0.05) is 12.8 Å². The molecule has 0 spiro atoms. The fourth-order valence-corrected chi connectivity index (χ4v) is 5.17. The molecule has 7 heteroatoms. The maximum absolute atomic E-state index is 12.9. The maximum atomic E-state index is 12.9. The Morgan fingerprint density at radius 3 is 2.69 bits per heavy atom. The largest absolute Gasteiger partial charge is 0.351 e. The molecule has 1 N–H and O–H groups in total. The van der Waals surface area contributed by atoms with Crippen molar-refractivity contribution in [2.24, 2.45) is 0 Å². The Balaban J connectivity index is 1.46. The Hall–Kier alpha value is -1.73. The number of likely N-dealkylation sites (tertiary alicyclic amines) is 1. The summed E-state index contributed by atoms with van der Waals surface area (Å²) in [6.45, 7) is 3.62. The van der Waals surface area contributed by atoms with Crippen LogP contribution in [0.15, 0.2) is 11.0 Å². The van der Waals surface area contributed by atoms with Gasteiger partial charge in [0.2, 0.25) is 0 Å². The molecule has 1 amide bonds. The summed E-state index contributed by atoms with van der Waals surface area (Å²) in [4.78, 5) is 34.1. The fraction of sp³-hybridized carbons (Fsp3) is 0.632. The minimum absolute atomic E-state index is 0.157. The lowest BCUT2D eigenvalue weighted by Crippen LogP contribution is -2.38. The first-order valence-corrected chi connectivity index (χ1v) is 10.6. The standard InChI is InChI=1S/C19H26N4O2S/c24-17(20-9-12-22-10-5-1-2-6-11-22)14-13-21-19-23(18(14)25)15-7-3-4-8-16(15)26-19/h13H,1-12H2,(H,20,24). The highest BCUT2D eigenvalue weighted by atomic mass is 32.1. The summed E-state index contributed by atoms with van der Waals surface area (Å²) in [6.07, 6.45) is 10.7. The highest BCUT2D eigenvalue weighted by molar-refractivity contribution is 7.17. The van der Waals surface area contributed by atoms with Crippen LogP contribution in [0.1, 0.15) is 59.5 Å². The van der Waals surface area contributed by atoms with E-state index in [4.69, 9.17) is 0 Å². The molecule has 26 heavy (non-hydrogen) atoms. The number of hydrogen-bond acceptors (Lipinski definition) is 5. The van der Waals surface area contributed by atoms with Crippen LogP contribution in [-0.2, 0) is 12.8 Å². The highest BCUT2D eigenvalue weighted by Gasteiger charge is 2.21. The van der Waals surface area contributed by atoms with Crippen molar-refractivity contribution >= 4 is 22.2 Å². The van der Waals surface area contributed by atoms with E-state index in [9.17, 15) is 9.59 Å². The summed E-state index contributed by atoms with van der Waals surface area (Å²) < 4.78 is 1.67. The number of thiazole rings is 1. The number of aryl methyl sites for hydroxylation is 2. The molecular weight excluding hydrogens is 348 g/mol. The van der Waals surface area contributed by atoms with Crippen LogP contribution in [0.4, 0.5) is 0 Å². The van der Waals surface area contributed by atoms with Crippen LogP contribution >= 0.6 is 11.3 Å². The molecule has 0 bridgehead atoms. The smallest absolute Gasteiger partial charge is 0.271 e. The zero-order chi connectivity index (χ0) is 17.9. The molecule has 0 aromatic carbocycles. The van der Waals surface area contributed by atoms with E-state index >= 15 is 0 Å². The summed E-state index contributed by atoms with van der Waals surface area (Å²) in [7, 11) is 0. The van der Waals surface area contributed by atoms with Gasteiger partial charge in [0.25, 0.3) is 11.5 Å². The average Bonchev–Trinajstić information content (AvgIpc) is 2.83. The normalized spacial score (nSPS) is 18.5. The topological polar surface area (TPSA) is 66.7 Å². The second-order valence-electron chi connectivity index (χ2n) is 7.29. The number of nitrogens with one attached hydrogen (secondary N) is 1. The van der Waals surface area contributed by atoms with E-state index in [2.05, 4.69) is 15.2 Å². The molecule has 0 radical (unpaired) electrons. The quantitative estimate of drug-likeness (QED) is 0.891. The van der Waals surface area contributed by atoms with Crippen LogP contribution in [0.3, 0.4) is 0 Å². The predicted molar refractivity (Wildman–Crippen MR) is 103 cm³/mol. The minimum atomic E-state index is -0.303. The number of amides is 1. The second-order valence-corrected chi connectivity index (χ2v) is 8.35. The van der Waals surface area contributed by atoms with Gasteiger partial charge < -0.3 is 10.2 Å². The molecule has 0 atom stereocenters. The molecule has 4 rings (SSSR count). The van der Waals surface area contributed by atoms with Crippen molar-refractivity contribution < 1.29 is 4.79 Å². The van der Waals surface area contributed by atoms with Crippen molar-refractivity contribution in [3.8, 4) is 0 Å². The molecule has 1 aliphatic carbocycles. The number of fused-ring (bicyclic) bond motifs is 3. The number of carbonyl (C=O) groups is 1. The van der Waals surface area contributed by atoms with Crippen molar-refractivity contribution in [1.29, 1.82) is 0 Å². The zero-order valence-corrected chi connectivity index (χ0v) is 15.9. The first-order valence-electron chi connectivity index (χ1n) is 9.77. The lowest BCUT2D eigenvalue weighted by Gasteiger charge is -2.19. The lowest BCUT2D eigenvalue weighted by atomic mass is 10.0. The third kappa shape index (κ3) is 3.55. The molecular formula is C19H26N4O2S. The van der Waals surface area contributed by atoms with Crippen molar-refractivity contribution in [2.45, 2.75) is 51.4 Å². The Morgan fingerprint density at radius 2 is 1.88 bits per heavy atom. The number of rotatable bonds is 4. The maximum Gasteiger partial charge on any atom is 0.271 e.